The van der Waals surface area contributed by atoms with Crippen molar-refractivity contribution in [2.75, 3.05) is 13.4 Å². The number of ether oxygens (including phenoxy) is 4. The molecule has 2 heterocycles. The molecule has 0 N–H and O–H groups in total. The Kier molecular flexibility index (Phi) is 4.54. The molecule has 0 saturated carbocycles. The Hall–Kier alpha value is -3.28. The van der Waals surface area contributed by atoms with Crippen LogP contribution in [0.3, 0.4) is 0 Å². The molecule has 4 rings (SSSR count). The summed E-state index contributed by atoms with van der Waals surface area (Å²) in [6.07, 6.45) is 0. The van der Waals surface area contributed by atoms with E-state index in [0.29, 0.717) is 28.3 Å². The first-order chi connectivity index (χ1) is 13.2. The molecule has 1 aliphatic rings. The highest BCUT2D eigenvalue weighted by molar-refractivity contribution is 5.96. The van der Waals surface area contributed by atoms with Gasteiger partial charge in [0.1, 0.15) is 12.4 Å². The summed E-state index contributed by atoms with van der Waals surface area (Å²) in [5.74, 6) is 1.61. The number of benzene rings is 2. The normalized spacial score (nSPS) is 12.2. The van der Waals surface area contributed by atoms with Crippen molar-refractivity contribution in [3.63, 3.8) is 0 Å². The van der Waals surface area contributed by atoms with Gasteiger partial charge in [0.05, 0.1) is 23.4 Å². The van der Waals surface area contributed by atoms with Crippen molar-refractivity contribution in [2.24, 2.45) is 0 Å². The van der Waals surface area contributed by atoms with Crippen molar-refractivity contribution in [3.8, 4) is 17.2 Å². The standard InChI is InChI=1S/C21H19NO5/c1-3-24-21(23)15-8-14-9-19-20(27-12-26-19)10-16(14)22-17(15)11-25-18-7-5-4-6-13(18)2/h4-10H,3,11-12H2,1-2H3. The Balaban J connectivity index is 1.74. The molecule has 0 radical (unpaired) electrons. The van der Waals surface area contributed by atoms with Crippen LogP contribution in [0.25, 0.3) is 10.9 Å². The summed E-state index contributed by atoms with van der Waals surface area (Å²) in [5, 5.41) is 0.780. The number of pyridine rings is 1. The van der Waals surface area contributed by atoms with Crippen molar-refractivity contribution in [2.45, 2.75) is 20.5 Å². The predicted octanol–water partition coefficient (Wildman–Crippen LogP) is 4.03. The Bertz CT molecular complexity index is 1010. The number of aromatic nitrogens is 1. The average molecular weight is 365 g/mol. The van der Waals surface area contributed by atoms with Crippen LogP contribution in [0.1, 0.15) is 28.5 Å². The molecule has 0 aliphatic carbocycles. The van der Waals surface area contributed by atoms with E-state index >= 15 is 0 Å². The number of aryl methyl sites for hydroxylation is 1. The molecule has 27 heavy (non-hydrogen) atoms. The van der Waals surface area contributed by atoms with Crippen molar-refractivity contribution >= 4 is 16.9 Å². The predicted molar refractivity (Wildman–Crippen MR) is 99.3 cm³/mol. The molecule has 138 valence electrons. The molecule has 1 aromatic heterocycles. The Morgan fingerprint density at radius 3 is 2.70 bits per heavy atom. The number of fused-ring (bicyclic) bond motifs is 2. The monoisotopic (exact) mass is 365 g/mol. The van der Waals surface area contributed by atoms with Crippen LogP contribution in [0.5, 0.6) is 17.2 Å². The minimum Gasteiger partial charge on any atom is -0.487 e. The number of para-hydroxylation sites is 1. The lowest BCUT2D eigenvalue weighted by Crippen LogP contribution is -2.12. The Labute approximate surface area is 156 Å². The molecule has 1 aliphatic heterocycles. The quantitative estimate of drug-likeness (QED) is 0.636. The number of nitrogens with zero attached hydrogens (tertiary/aromatic N) is 1. The zero-order valence-corrected chi connectivity index (χ0v) is 15.2. The molecule has 0 amide bonds. The second kappa shape index (κ2) is 7.15. The summed E-state index contributed by atoms with van der Waals surface area (Å²) in [6.45, 7) is 4.36. The summed E-state index contributed by atoms with van der Waals surface area (Å²) in [4.78, 5) is 17.1. The van der Waals surface area contributed by atoms with E-state index in [1.165, 1.54) is 0 Å². The highest BCUT2D eigenvalue weighted by Gasteiger charge is 2.20. The second-order valence-electron chi connectivity index (χ2n) is 6.16. The third-order valence-corrected chi connectivity index (χ3v) is 4.34. The van der Waals surface area contributed by atoms with Gasteiger partial charge in [0.25, 0.3) is 0 Å². The fourth-order valence-electron chi connectivity index (χ4n) is 2.96. The highest BCUT2D eigenvalue weighted by Crippen LogP contribution is 2.36. The minimum atomic E-state index is -0.423. The van der Waals surface area contributed by atoms with Crippen molar-refractivity contribution in [1.29, 1.82) is 0 Å². The van der Waals surface area contributed by atoms with Crippen LogP contribution >= 0.6 is 0 Å². The molecule has 3 aromatic rings. The maximum absolute atomic E-state index is 12.4. The van der Waals surface area contributed by atoms with Crippen molar-refractivity contribution in [3.05, 3.63) is 59.3 Å². The lowest BCUT2D eigenvalue weighted by molar-refractivity contribution is 0.0523. The average Bonchev–Trinajstić information content (AvgIpc) is 3.12. The van der Waals surface area contributed by atoms with E-state index in [0.717, 1.165) is 16.7 Å². The lowest BCUT2D eigenvalue weighted by atomic mass is 10.1. The molecule has 0 fully saturated rings. The number of carbonyl (C=O) groups excluding carboxylic acids is 1. The van der Waals surface area contributed by atoms with E-state index in [1.807, 2.05) is 43.3 Å². The summed E-state index contributed by atoms with van der Waals surface area (Å²) >= 11 is 0. The zero-order valence-electron chi connectivity index (χ0n) is 15.2. The molecule has 0 spiro atoms. The van der Waals surface area contributed by atoms with Crippen LogP contribution in [0, 0.1) is 6.92 Å². The van der Waals surface area contributed by atoms with Crippen LogP contribution in [-0.2, 0) is 11.3 Å². The number of hydrogen-bond donors (Lipinski definition) is 0. The van der Waals surface area contributed by atoms with Crippen molar-refractivity contribution < 1.29 is 23.7 Å². The molecular formula is C21H19NO5. The number of carbonyl (C=O) groups is 1. The summed E-state index contributed by atoms with van der Waals surface area (Å²) in [7, 11) is 0. The third-order valence-electron chi connectivity index (χ3n) is 4.34. The van der Waals surface area contributed by atoms with Crippen LogP contribution < -0.4 is 14.2 Å². The van der Waals surface area contributed by atoms with E-state index in [4.69, 9.17) is 18.9 Å². The van der Waals surface area contributed by atoms with Gasteiger partial charge in [-0.05, 0) is 37.6 Å². The molecule has 6 nitrogen and oxygen atoms in total. The number of rotatable bonds is 5. The van der Waals surface area contributed by atoms with Crippen LogP contribution in [0.15, 0.2) is 42.5 Å². The van der Waals surface area contributed by atoms with Gasteiger partial charge in [-0.25, -0.2) is 9.78 Å². The van der Waals surface area contributed by atoms with Gasteiger partial charge in [0.15, 0.2) is 11.5 Å². The van der Waals surface area contributed by atoms with Gasteiger partial charge in [-0.15, -0.1) is 0 Å². The Morgan fingerprint density at radius 2 is 1.93 bits per heavy atom. The molecule has 6 heteroatoms. The summed E-state index contributed by atoms with van der Waals surface area (Å²) in [5.41, 5.74) is 2.62. The van der Waals surface area contributed by atoms with Gasteiger partial charge >= 0.3 is 5.97 Å². The van der Waals surface area contributed by atoms with Crippen LogP contribution in [-0.4, -0.2) is 24.4 Å². The first-order valence-electron chi connectivity index (χ1n) is 8.74. The molecule has 0 bridgehead atoms. The minimum absolute atomic E-state index is 0.156. The van der Waals surface area contributed by atoms with Gasteiger partial charge in [0.2, 0.25) is 6.79 Å². The maximum Gasteiger partial charge on any atom is 0.340 e. The van der Waals surface area contributed by atoms with E-state index in [1.54, 1.807) is 13.0 Å². The van der Waals surface area contributed by atoms with Gasteiger partial charge in [-0.2, -0.15) is 0 Å². The van der Waals surface area contributed by atoms with Gasteiger partial charge in [0, 0.05) is 11.5 Å². The summed E-state index contributed by atoms with van der Waals surface area (Å²) < 4.78 is 21.9. The largest absolute Gasteiger partial charge is 0.487 e. The van der Waals surface area contributed by atoms with Gasteiger partial charge in [-0.3, -0.25) is 0 Å². The molecule has 0 unspecified atom stereocenters. The topological polar surface area (TPSA) is 66.9 Å². The van der Waals surface area contributed by atoms with E-state index < -0.39 is 5.97 Å². The highest BCUT2D eigenvalue weighted by atomic mass is 16.7. The maximum atomic E-state index is 12.4. The third kappa shape index (κ3) is 3.38. The molecule has 0 saturated heterocycles. The molecule has 2 aromatic carbocycles. The Morgan fingerprint density at radius 1 is 1.15 bits per heavy atom. The SMILES string of the molecule is CCOC(=O)c1cc2cc3c(cc2nc1COc1ccccc1C)OCO3. The summed E-state index contributed by atoms with van der Waals surface area (Å²) in [6, 6.07) is 13.1. The lowest BCUT2D eigenvalue weighted by Gasteiger charge is -2.13. The number of hydrogen-bond acceptors (Lipinski definition) is 6. The smallest absolute Gasteiger partial charge is 0.340 e. The van der Waals surface area contributed by atoms with Gasteiger partial charge < -0.3 is 18.9 Å². The first-order valence-corrected chi connectivity index (χ1v) is 8.74. The fourth-order valence-corrected chi connectivity index (χ4v) is 2.96. The fraction of sp³-hybridized carbons (Fsp3) is 0.238. The molecule has 0 atom stereocenters. The first kappa shape index (κ1) is 17.1. The number of esters is 1. The van der Waals surface area contributed by atoms with Gasteiger partial charge in [-0.1, -0.05) is 18.2 Å². The van der Waals surface area contributed by atoms with Crippen molar-refractivity contribution in [1.82, 2.24) is 4.98 Å². The van der Waals surface area contributed by atoms with E-state index in [9.17, 15) is 4.79 Å². The molecular weight excluding hydrogens is 346 g/mol. The second-order valence-corrected chi connectivity index (χ2v) is 6.16. The van der Waals surface area contributed by atoms with E-state index in [2.05, 4.69) is 4.98 Å². The zero-order chi connectivity index (χ0) is 18.8. The van der Waals surface area contributed by atoms with Crippen LogP contribution in [0.2, 0.25) is 0 Å². The van der Waals surface area contributed by atoms with E-state index in [-0.39, 0.29) is 20.0 Å². The van der Waals surface area contributed by atoms with Crippen LogP contribution in [0.4, 0.5) is 0 Å².